The van der Waals surface area contributed by atoms with Gasteiger partial charge in [0.05, 0.1) is 10.8 Å². The zero-order valence-electron chi connectivity index (χ0n) is 10.5. The lowest BCUT2D eigenvalue weighted by atomic mass is 10.1. The van der Waals surface area contributed by atoms with E-state index in [4.69, 9.17) is 0 Å². The van der Waals surface area contributed by atoms with Crippen molar-refractivity contribution in [2.75, 3.05) is 0 Å². The Morgan fingerprint density at radius 1 is 0.409 bits per heavy atom. The molecule has 0 aliphatic carbocycles. The number of rotatable bonds is 0. The first-order valence-electron chi connectivity index (χ1n) is 5.69. The van der Waals surface area contributed by atoms with E-state index in [2.05, 4.69) is 0 Å². The Morgan fingerprint density at radius 2 is 0.682 bits per heavy atom. The van der Waals surface area contributed by atoms with Gasteiger partial charge in [-0.05, 0) is 0 Å². The van der Waals surface area contributed by atoms with Crippen molar-refractivity contribution in [3.05, 3.63) is 0 Å². The summed E-state index contributed by atoms with van der Waals surface area (Å²) >= 11 is 0. The molecular weight excluding hydrogens is 302 g/mol. The van der Waals surface area contributed by atoms with Crippen LogP contribution in [0.5, 0.6) is 46.0 Å². The van der Waals surface area contributed by atoms with E-state index in [1.165, 1.54) is 0 Å². The molecule has 116 valence electrons. The van der Waals surface area contributed by atoms with Crippen molar-refractivity contribution in [1.29, 1.82) is 0 Å². The van der Waals surface area contributed by atoms with E-state index in [0.29, 0.717) is 0 Å². The van der Waals surface area contributed by atoms with Crippen LogP contribution in [-0.2, 0) is 0 Å². The van der Waals surface area contributed by atoms with Gasteiger partial charge in [-0.15, -0.1) is 0 Å². The molecule has 0 aliphatic heterocycles. The van der Waals surface area contributed by atoms with Gasteiger partial charge in [0.15, 0.2) is 23.0 Å². The molecular formula is C12H9NO9. The van der Waals surface area contributed by atoms with E-state index in [0.717, 1.165) is 0 Å². The van der Waals surface area contributed by atoms with Crippen LogP contribution in [0.2, 0.25) is 0 Å². The fourth-order valence-corrected chi connectivity index (χ4v) is 2.37. The molecule has 1 aromatic heterocycles. The number of nitrogens with zero attached hydrogens (tertiary/aromatic N) is 1. The van der Waals surface area contributed by atoms with Gasteiger partial charge in [0.2, 0.25) is 23.0 Å². The summed E-state index contributed by atoms with van der Waals surface area (Å²) in [5.41, 5.74) is -1.36. The summed E-state index contributed by atoms with van der Waals surface area (Å²) in [6.07, 6.45) is 0. The molecule has 0 bridgehead atoms. The Morgan fingerprint density at radius 3 is 1.00 bits per heavy atom. The molecule has 1 heterocycles. The molecule has 0 saturated heterocycles. The molecule has 0 unspecified atom stereocenters. The van der Waals surface area contributed by atoms with Gasteiger partial charge in [-0.1, -0.05) is 0 Å². The van der Waals surface area contributed by atoms with Crippen LogP contribution in [0.25, 0.3) is 21.8 Å². The maximum absolute atomic E-state index is 9.98. The molecule has 0 radical (unpaired) electrons. The molecule has 22 heavy (non-hydrogen) atoms. The molecule has 9 N–H and O–H groups in total. The van der Waals surface area contributed by atoms with Crippen LogP contribution in [0.3, 0.4) is 0 Å². The van der Waals surface area contributed by atoms with Gasteiger partial charge in [0.1, 0.15) is 11.0 Å². The van der Waals surface area contributed by atoms with Crippen molar-refractivity contribution in [3.63, 3.8) is 0 Å². The number of aromatic hydroxyl groups is 8. The summed E-state index contributed by atoms with van der Waals surface area (Å²) < 4.78 is 0.0626. The lowest BCUT2D eigenvalue weighted by molar-refractivity contribution is 0.207. The van der Waals surface area contributed by atoms with Crippen molar-refractivity contribution in [3.8, 4) is 46.0 Å². The average molecular weight is 311 g/mol. The second kappa shape index (κ2) is 3.75. The fourth-order valence-electron chi connectivity index (χ4n) is 2.37. The third-order valence-electron chi connectivity index (χ3n) is 3.42. The van der Waals surface area contributed by atoms with E-state index in [9.17, 15) is 46.1 Å². The molecule has 0 amide bonds. The number of aromatic nitrogens is 1. The van der Waals surface area contributed by atoms with Crippen LogP contribution >= 0.6 is 0 Å². The first-order valence-corrected chi connectivity index (χ1v) is 5.69. The average Bonchev–Trinajstić information content (AvgIpc) is 2.80. The molecule has 2 aromatic carbocycles. The predicted octanol–water partition coefficient (Wildman–Crippen LogP) is 0.677. The van der Waals surface area contributed by atoms with Crippen LogP contribution < -0.4 is 0 Å². The summed E-state index contributed by atoms with van der Waals surface area (Å²) in [5, 5.41) is 86.1. The molecule has 3 rings (SSSR count). The number of phenols is 8. The van der Waals surface area contributed by atoms with Crippen LogP contribution in [-0.4, -0.2) is 50.8 Å². The van der Waals surface area contributed by atoms with Gasteiger partial charge in [0.25, 0.3) is 0 Å². The smallest absolute Gasteiger partial charge is 0.206 e. The van der Waals surface area contributed by atoms with Gasteiger partial charge in [-0.25, -0.2) is 0 Å². The van der Waals surface area contributed by atoms with Gasteiger partial charge >= 0.3 is 0 Å². The topological polar surface area (TPSA) is 187 Å². The third kappa shape index (κ3) is 1.23. The summed E-state index contributed by atoms with van der Waals surface area (Å²) in [5.74, 6) is -8.83. The SMILES string of the molecule is Oc1c(O)c(O)c2c(c1O)c1c(O)c(O)c(O)c(O)c1n2O. The number of hydrogen-bond acceptors (Lipinski definition) is 9. The zero-order valence-corrected chi connectivity index (χ0v) is 10.5. The van der Waals surface area contributed by atoms with Crippen molar-refractivity contribution < 1.29 is 46.1 Å². The fraction of sp³-hybridized carbons (Fsp3) is 0. The van der Waals surface area contributed by atoms with Crippen molar-refractivity contribution in [2.45, 2.75) is 0 Å². The second-order valence-corrected chi connectivity index (χ2v) is 4.55. The molecule has 10 nitrogen and oxygen atoms in total. The van der Waals surface area contributed by atoms with Gasteiger partial charge in [-0.3, -0.25) is 0 Å². The Labute approximate surface area is 119 Å². The lowest BCUT2D eigenvalue weighted by Crippen LogP contribution is -1.90. The van der Waals surface area contributed by atoms with E-state index >= 15 is 0 Å². The van der Waals surface area contributed by atoms with E-state index < -0.39 is 67.8 Å². The molecule has 0 aliphatic rings. The zero-order chi connectivity index (χ0) is 16.5. The van der Waals surface area contributed by atoms with Gasteiger partial charge in [0, 0.05) is 0 Å². The quantitative estimate of drug-likeness (QED) is 0.163. The number of fused-ring (bicyclic) bond motifs is 3. The summed E-state index contributed by atoms with van der Waals surface area (Å²) in [4.78, 5) is 0. The largest absolute Gasteiger partial charge is 0.504 e. The van der Waals surface area contributed by atoms with E-state index in [1.54, 1.807) is 0 Å². The minimum atomic E-state index is -1.16. The first kappa shape index (κ1) is 13.4. The number of phenolic OH excluding ortho intramolecular Hbond substituents is 8. The minimum absolute atomic E-state index is 0.0626. The van der Waals surface area contributed by atoms with Crippen molar-refractivity contribution >= 4 is 21.8 Å². The highest BCUT2D eigenvalue weighted by Gasteiger charge is 2.31. The predicted molar refractivity (Wildman–Crippen MR) is 69.9 cm³/mol. The highest BCUT2D eigenvalue weighted by atomic mass is 16.5. The monoisotopic (exact) mass is 311 g/mol. The molecule has 3 aromatic rings. The van der Waals surface area contributed by atoms with E-state index in [1.807, 2.05) is 0 Å². The maximum atomic E-state index is 9.98. The lowest BCUT2D eigenvalue weighted by Gasteiger charge is -2.06. The number of benzene rings is 2. The minimum Gasteiger partial charge on any atom is -0.504 e. The molecule has 0 spiro atoms. The highest BCUT2D eigenvalue weighted by Crippen LogP contribution is 2.57. The first-order chi connectivity index (χ1) is 10.2. The van der Waals surface area contributed by atoms with Crippen molar-refractivity contribution in [1.82, 2.24) is 4.73 Å². The van der Waals surface area contributed by atoms with Crippen LogP contribution in [0.1, 0.15) is 0 Å². The van der Waals surface area contributed by atoms with Crippen LogP contribution in [0.4, 0.5) is 0 Å². The van der Waals surface area contributed by atoms with Crippen LogP contribution in [0.15, 0.2) is 0 Å². The molecule has 0 atom stereocenters. The Bertz CT molecular complexity index is 896. The standard InChI is InChI=1S/C12H9NO9/c14-5-1-2-4(8(17)12(21)10(19)6(2)15)13(22)3(1)7(16)11(20)9(5)18/h14-22H. The Kier molecular flexibility index (Phi) is 2.29. The van der Waals surface area contributed by atoms with Gasteiger partial charge < -0.3 is 46.1 Å². The van der Waals surface area contributed by atoms with Crippen LogP contribution in [0, 0.1) is 0 Å². The van der Waals surface area contributed by atoms with E-state index in [-0.39, 0.29) is 4.73 Å². The summed E-state index contributed by atoms with van der Waals surface area (Å²) in [7, 11) is 0. The highest BCUT2D eigenvalue weighted by molar-refractivity contribution is 6.19. The summed E-state index contributed by atoms with van der Waals surface area (Å²) in [6.45, 7) is 0. The molecule has 0 fully saturated rings. The molecule has 10 heteroatoms. The van der Waals surface area contributed by atoms with Crippen molar-refractivity contribution in [2.24, 2.45) is 0 Å². The van der Waals surface area contributed by atoms with Gasteiger partial charge in [-0.2, -0.15) is 4.73 Å². The Balaban J connectivity index is 2.81. The second-order valence-electron chi connectivity index (χ2n) is 4.55. The summed E-state index contributed by atoms with van der Waals surface area (Å²) in [6, 6.07) is 0. The number of hydrogen-bond donors (Lipinski definition) is 9. The Hall–Kier alpha value is -3.56. The third-order valence-corrected chi connectivity index (χ3v) is 3.42. The normalized spacial score (nSPS) is 11.5. The molecule has 0 saturated carbocycles. The maximum Gasteiger partial charge on any atom is 0.206 e.